The normalized spacial score (nSPS) is 40.2. The third kappa shape index (κ3) is 1.63. The fourth-order valence-electron chi connectivity index (χ4n) is 4.41. The van der Waals surface area contributed by atoms with Crippen molar-refractivity contribution in [1.29, 1.82) is 0 Å². The Morgan fingerprint density at radius 3 is 2.40 bits per heavy atom. The Hall–Kier alpha value is -0.0400. The fraction of sp³-hybridized carbons (Fsp3) is 1.00. The molecule has 0 amide bonds. The van der Waals surface area contributed by atoms with Crippen molar-refractivity contribution in [2.24, 2.45) is 22.7 Å². The first-order valence-corrected chi connectivity index (χ1v) is 6.70. The summed E-state index contributed by atoms with van der Waals surface area (Å²) in [7, 11) is 0. The lowest BCUT2D eigenvalue weighted by molar-refractivity contribution is -0.0181. The van der Waals surface area contributed by atoms with E-state index in [0.29, 0.717) is 10.8 Å². The highest BCUT2D eigenvalue weighted by Crippen LogP contribution is 2.60. The van der Waals surface area contributed by atoms with Crippen molar-refractivity contribution >= 4 is 0 Å². The lowest BCUT2D eigenvalue weighted by atomic mass is 9.55. The molecule has 1 heterocycles. The van der Waals surface area contributed by atoms with E-state index < -0.39 is 0 Å². The van der Waals surface area contributed by atoms with Crippen LogP contribution in [0.25, 0.3) is 0 Å². The smallest absolute Gasteiger partial charge is 0.00125 e. The molecule has 2 unspecified atom stereocenters. The molecule has 2 fully saturated rings. The van der Waals surface area contributed by atoms with E-state index in [1.54, 1.807) is 0 Å². The predicted octanol–water partition coefficient (Wildman–Crippen LogP) is 3.45. The molecule has 1 N–H and O–H groups in total. The Morgan fingerprint density at radius 2 is 1.87 bits per heavy atom. The van der Waals surface area contributed by atoms with E-state index in [-0.39, 0.29) is 0 Å². The van der Waals surface area contributed by atoms with Crippen LogP contribution in [0.5, 0.6) is 0 Å². The first-order valence-electron chi connectivity index (χ1n) is 6.70. The molecule has 0 aromatic carbocycles. The van der Waals surface area contributed by atoms with Crippen molar-refractivity contribution in [2.45, 2.75) is 53.4 Å². The summed E-state index contributed by atoms with van der Waals surface area (Å²) in [6.07, 6.45) is 5.78. The fourth-order valence-corrected chi connectivity index (χ4v) is 4.41. The molecule has 2 aliphatic rings. The highest BCUT2D eigenvalue weighted by molar-refractivity contribution is 5.04. The Labute approximate surface area is 95.0 Å². The van der Waals surface area contributed by atoms with Crippen molar-refractivity contribution in [2.75, 3.05) is 13.1 Å². The lowest BCUT2D eigenvalue weighted by Gasteiger charge is -2.52. The van der Waals surface area contributed by atoms with Crippen molar-refractivity contribution in [1.82, 2.24) is 5.32 Å². The minimum Gasteiger partial charge on any atom is -0.316 e. The van der Waals surface area contributed by atoms with Crippen LogP contribution in [0.4, 0.5) is 0 Å². The zero-order valence-electron chi connectivity index (χ0n) is 10.9. The molecule has 0 aromatic heterocycles. The molecular formula is C14H27N. The topological polar surface area (TPSA) is 12.0 Å². The van der Waals surface area contributed by atoms with Crippen LogP contribution in [-0.2, 0) is 0 Å². The summed E-state index contributed by atoms with van der Waals surface area (Å²) in [6.45, 7) is 12.3. The largest absolute Gasteiger partial charge is 0.316 e. The summed E-state index contributed by atoms with van der Waals surface area (Å²) in [5, 5.41) is 3.61. The van der Waals surface area contributed by atoms with Crippen LogP contribution in [0.15, 0.2) is 0 Å². The summed E-state index contributed by atoms with van der Waals surface area (Å²) < 4.78 is 0. The molecule has 0 radical (unpaired) electrons. The van der Waals surface area contributed by atoms with Gasteiger partial charge in [-0.15, -0.1) is 0 Å². The zero-order valence-corrected chi connectivity index (χ0v) is 10.9. The van der Waals surface area contributed by atoms with Crippen molar-refractivity contribution in [3.05, 3.63) is 0 Å². The third-order valence-electron chi connectivity index (χ3n) is 5.40. The highest BCUT2D eigenvalue weighted by Gasteiger charge is 2.54. The van der Waals surface area contributed by atoms with Crippen LogP contribution in [0.1, 0.15) is 53.4 Å². The van der Waals surface area contributed by atoms with Gasteiger partial charge in [0, 0.05) is 0 Å². The standard InChI is InChI=1S/C14H27N/c1-11(2)12-10-15-9-8-14(12)7-5-6-13(14,3)4/h11-12,15H,5-10H2,1-4H3. The number of piperidine rings is 1. The molecule has 0 aromatic rings. The molecule has 2 atom stereocenters. The average Bonchev–Trinajstić information content (AvgIpc) is 2.43. The minimum atomic E-state index is 0.573. The van der Waals surface area contributed by atoms with Crippen molar-refractivity contribution in [3.8, 4) is 0 Å². The van der Waals surface area contributed by atoms with Gasteiger partial charge in [-0.2, -0.15) is 0 Å². The van der Waals surface area contributed by atoms with Crippen molar-refractivity contribution < 1.29 is 0 Å². The minimum absolute atomic E-state index is 0.573. The second-order valence-corrected chi connectivity index (χ2v) is 6.70. The molecule has 1 saturated carbocycles. The number of rotatable bonds is 1. The molecule has 88 valence electrons. The van der Waals surface area contributed by atoms with E-state index in [4.69, 9.17) is 0 Å². The maximum Gasteiger partial charge on any atom is -0.00125 e. The van der Waals surface area contributed by atoms with Gasteiger partial charge < -0.3 is 5.32 Å². The maximum absolute atomic E-state index is 3.61. The highest BCUT2D eigenvalue weighted by atomic mass is 14.9. The van der Waals surface area contributed by atoms with Gasteiger partial charge in [-0.3, -0.25) is 0 Å². The summed E-state index contributed by atoms with van der Waals surface area (Å²) >= 11 is 0. The van der Waals surface area contributed by atoms with Crippen LogP contribution in [0.2, 0.25) is 0 Å². The van der Waals surface area contributed by atoms with E-state index in [9.17, 15) is 0 Å². The number of nitrogens with one attached hydrogen (secondary N) is 1. The van der Waals surface area contributed by atoms with Gasteiger partial charge in [-0.1, -0.05) is 34.1 Å². The van der Waals surface area contributed by atoms with Gasteiger partial charge >= 0.3 is 0 Å². The average molecular weight is 209 g/mol. The van der Waals surface area contributed by atoms with Crippen LogP contribution in [-0.4, -0.2) is 13.1 Å². The zero-order chi connectivity index (χ0) is 11.1. The summed E-state index contributed by atoms with van der Waals surface area (Å²) in [6, 6.07) is 0. The molecule has 1 aliphatic heterocycles. The molecule has 1 spiro atoms. The van der Waals surface area contributed by atoms with Gasteiger partial charge in [0.05, 0.1) is 0 Å². The first kappa shape index (κ1) is 11.4. The van der Waals surface area contributed by atoms with Crippen LogP contribution < -0.4 is 5.32 Å². The van der Waals surface area contributed by atoms with E-state index in [1.165, 1.54) is 38.8 Å². The van der Waals surface area contributed by atoms with Gasteiger partial charge in [-0.25, -0.2) is 0 Å². The van der Waals surface area contributed by atoms with Crippen molar-refractivity contribution in [3.63, 3.8) is 0 Å². The van der Waals surface area contributed by atoms with Gasteiger partial charge in [-0.05, 0) is 55.0 Å². The maximum atomic E-state index is 3.61. The third-order valence-corrected chi connectivity index (χ3v) is 5.40. The Morgan fingerprint density at radius 1 is 1.13 bits per heavy atom. The summed E-state index contributed by atoms with van der Waals surface area (Å²) in [5.41, 5.74) is 1.22. The summed E-state index contributed by atoms with van der Waals surface area (Å²) in [5.74, 6) is 1.72. The number of hydrogen-bond acceptors (Lipinski definition) is 1. The second kappa shape index (κ2) is 3.76. The van der Waals surface area contributed by atoms with E-state index in [0.717, 1.165) is 11.8 Å². The quantitative estimate of drug-likeness (QED) is 0.697. The Kier molecular flexibility index (Phi) is 2.87. The molecule has 2 rings (SSSR count). The molecule has 1 aliphatic carbocycles. The monoisotopic (exact) mass is 209 g/mol. The molecular weight excluding hydrogens is 182 g/mol. The SMILES string of the molecule is CC(C)C1CNCCC12CCCC2(C)C. The van der Waals surface area contributed by atoms with E-state index in [1.807, 2.05) is 0 Å². The molecule has 0 bridgehead atoms. The Bertz CT molecular complexity index is 231. The van der Waals surface area contributed by atoms with Gasteiger partial charge in [0.15, 0.2) is 0 Å². The van der Waals surface area contributed by atoms with E-state index >= 15 is 0 Å². The molecule has 15 heavy (non-hydrogen) atoms. The van der Waals surface area contributed by atoms with Crippen LogP contribution in [0.3, 0.4) is 0 Å². The number of hydrogen-bond donors (Lipinski definition) is 1. The van der Waals surface area contributed by atoms with Crippen LogP contribution >= 0.6 is 0 Å². The summed E-state index contributed by atoms with van der Waals surface area (Å²) in [4.78, 5) is 0. The predicted molar refractivity (Wildman–Crippen MR) is 65.9 cm³/mol. The molecule has 1 saturated heterocycles. The molecule has 1 heteroatoms. The van der Waals surface area contributed by atoms with Gasteiger partial charge in [0.1, 0.15) is 0 Å². The second-order valence-electron chi connectivity index (χ2n) is 6.70. The van der Waals surface area contributed by atoms with Crippen LogP contribution in [0, 0.1) is 22.7 Å². The first-order chi connectivity index (χ1) is 7.00. The van der Waals surface area contributed by atoms with Gasteiger partial charge in [0.25, 0.3) is 0 Å². The molecule has 1 nitrogen and oxygen atoms in total. The Balaban J connectivity index is 2.29. The van der Waals surface area contributed by atoms with E-state index in [2.05, 4.69) is 33.0 Å². The lowest BCUT2D eigenvalue weighted by Crippen LogP contribution is -2.52. The van der Waals surface area contributed by atoms with Gasteiger partial charge in [0.2, 0.25) is 0 Å².